The number of phosphoric ester groups is 2. The molecule has 138 valence electrons. The van der Waals surface area contributed by atoms with E-state index in [1.807, 2.05) is 0 Å². The molecule has 1 saturated heterocycles. The first-order valence-corrected chi connectivity index (χ1v) is 10.3. The Labute approximate surface area is 134 Å². The van der Waals surface area contributed by atoms with Gasteiger partial charge in [0.1, 0.15) is 12.2 Å². The van der Waals surface area contributed by atoms with Gasteiger partial charge in [-0.1, -0.05) is 12.8 Å². The van der Waals surface area contributed by atoms with E-state index in [9.17, 15) is 14.0 Å². The van der Waals surface area contributed by atoms with E-state index in [1.54, 1.807) is 0 Å². The van der Waals surface area contributed by atoms with Crippen molar-refractivity contribution in [2.24, 2.45) is 0 Å². The molecule has 0 aromatic carbocycles. The summed E-state index contributed by atoms with van der Waals surface area (Å²) in [6.07, 6.45) is 1.39. The molecule has 1 fully saturated rings. The SMILES string of the molecule is O=P(O)(O)OC[C@H]1OCC[C@@H]1OP(=O)(O)OCCCCCCO. The van der Waals surface area contributed by atoms with E-state index in [1.165, 1.54) is 0 Å². The summed E-state index contributed by atoms with van der Waals surface area (Å²) in [6, 6.07) is 0. The molecule has 0 aromatic heterocycles. The predicted octanol–water partition coefficient (Wildman–Crippen LogP) is 0.939. The zero-order valence-electron chi connectivity index (χ0n) is 12.7. The number of aliphatic hydroxyl groups excluding tert-OH is 1. The highest BCUT2D eigenvalue weighted by molar-refractivity contribution is 7.47. The van der Waals surface area contributed by atoms with E-state index in [4.69, 9.17) is 28.7 Å². The summed E-state index contributed by atoms with van der Waals surface area (Å²) in [5, 5.41) is 8.62. The molecule has 1 rings (SSSR count). The number of unbranched alkanes of at least 4 members (excludes halogenated alkanes) is 3. The molecule has 12 heteroatoms. The van der Waals surface area contributed by atoms with E-state index in [-0.39, 0.29) is 19.8 Å². The van der Waals surface area contributed by atoms with Crippen LogP contribution in [0.25, 0.3) is 0 Å². The second-order valence-corrected chi connectivity index (χ2v) is 7.71. The largest absolute Gasteiger partial charge is 0.472 e. The number of rotatable bonds is 12. The van der Waals surface area contributed by atoms with Crippen molar-refractivity contribution in [1.82, 2.24) is 0 Å². The lowest BCUT2D eigenvalue weighted by molar-refractivity contribution is -0.000695. The molecule has 0 radical (unpaired) electrons. The minimum Gasteiger partial charge on any atom is -0.396 e. The molecule has 10 nitrogen and oxygen atoms in total. The van der Waals surface area contributed by atoms with Crippen LogP contribution in [0.4, 0.5) is 0 Å². The predicted molar refractivity (Wildman–Crippen MR) is 78.6 cm³/mol. The second kappa shape index (κ2) is 10.2. The van der Waals surface area contributed by atoms with Crippen molar-refractivity contribution < 1.29 is 47.2 Å². The van der Waals surface area contributed by atoms with Gasteiger partial charge in [0.15, 0.2) is 0 Å². The smallest absolute Gasteiger partial charge is 0.396 e. The maximum absolute atomic E-state index is 11.8. The van der Waals surface area contributed by atoms with Gasteiger partial charge in [-0.25, -0.2) is 9.13 Å². The molecule has 0 amide bonds. The number of hydrogen-bond acceptors (Lipinski definition) is 7. The zero-order chi connectivity index (χ0) is 17.3. The van der Waals surface area contributed by atoms with E-state index in [2.05, 4.69) is 4.52 Å². The fourth-order valence-corrected chi connectivity index (χ4v) is 3.37. The van der Waals surface area contributed by atoms with Crippen LogP contribution in [0, 0.1) is 0 Å². The first-order valence-electron chi connectivity index (χ1n) is 7.32. The van der Waals surface area contributed by atoms with Crippen molar-refractivity contribution in [3.8, 4) is 0 Å². The van der Waals surface area contributed by atoms with E-state index in [0.717, 1.165) is 12.8 Å². The summed E-state index contributed by atoms with van der Waals surface area (Å²) < 4.78 is 41.8. The van der Waals surface area contributed by atoms with Gasteiger partial charge >= 0.3 is 15.6 Å². The molecule has 1 aliphatic heterocycles. The summed E-state index contributed by atoms with van der Waals surface area (Å²) in [5.74, 6) is 0. The number of aliphatic hydroxyl groups is 1. The Morgan fingerprint density at radius 2 is 1.74 bits per heavy atom. The van der Waals surface area contributed by atoms with Gasteiger partial charge in [-0.15, -0.1) is 0 Å². The van der Waals surface area contributed by atoms with Gasteiger partial charge in [-0.2, -0.15) is 0 Å². The van der Waals surface area contributed by atoms with Crippen LogP contribution in [0.15, 0.2) is 0 Å². The molecule has 3 atom stereocenters. The van der Waals surface area contributed by atoms with E-state index in [0.29, 0.717) is 19.3 Å². The van der Waals surface area contributed by atoms with Crippen molar-refractivity contribution in [2.45, 2.75) is 44.3 Å². The van der Waals surface area contributed by atoms with Crippen molar-refractivity contribution in [1.29, 1.82) is 0 Å². The van der Waals surface area contributed by atoms with Gasteiger partial charge < -0.3 is 24.5 Å². The molecular formula is C11H24O10P2. The van der Waals surface area contributed by atoms with Crippen LogP contribution in [0.1, 0.15) is 32.1 Å². The molecule has 23 heavy (non-hydrogen) atoms. The topological polar surface area (TPSA) is 152 Å². The fraction of sp³-hybridized carbons (Fsp3) is 1.00. The number of hydrogen-bond donors (Lipinski definition) is 4. The first kappa shape index (κ1) is 21.2. The summed E-state index contributed by atoms with van der Waals surface area (Å²) >= 11 is 0. The van der Waals surface area contributed by atoms with Crippen LogP contribution in [0.2, 0.25) is 0 Å². The Morgan fingerprint density at radius 3 is 2.39 bits per heavy atom. The molecule has 0 saturated carbocycles. The minimum absolute atomic E-state index is 0.0381. The standard InChI is InChI=1S/C11H24O10P2/c12-6-3-1-2-4-7-19-23(16,17)21-10-5-8-18-11(10)9-20-22(13,14)15/h10-12H,1-9H2,(H,16,17)(H2,13,14,15)/t10-,11+/m0/s1. The van der Waals surface area contributed by atoms with Crippen LogP contribution < -0.4 is 0 Å². The molecule has 0 aromatic rings. The second-order valence-electron chi connectivity index (χ2n) is 5.07. The Morgan fingerprint density at radius 1 is 1.04 bits per heavy atom. The quantitative estimate of drug-likeness (QED) is 0.285. The van der Waals surface area contributed by atoms with Crippen LogP contribution >= 0.6 is 15.6 Å². The average molecular weight is 378 g/mol. The van der Waals surface area contributed by atoms with Crippen LogP contribution in [0.5, 0.6) is 0 Å². The third-order valence-corrected chi connectivity index (χ3v) is 4.66. The third kappa shape index (κ3) is 9.89. The minimum atomic E-state index is -4.64. The Bertz CT molecular complexity index is 425. The van der Waals surface area contributed by atoms with Crippen LogP contribution in [-0.2, 0) is 27.4 Å². The molecule has 0 aliphatic carbocycles. The molecule has 1 aliphatic rings. The van der Waals surface area contributed by atoms with Crippen molar-refractivity contribution in [2.75, 3.05) is 26.4 Å². The van der Waals surface area contributed by atoms with Gasteiger partial charge in [0.05, 0.1) is 13.2 Å². The maximum Gasteiger partial charge on any atom is 0.472 e. The lowest BCUT2D eigenvalue weighted by Gasteiger charge is -2.21. The lowest BCUT2D eigenvalue weighted by Crippen LogP contribution is -2.28. The van der Waals surface area contributed by atoms with E-state index >= 15 is 0 Å². The van der Waals surface area contributed by atoms with Gasteiger partial charge in [-0.05, 0) is 12.8 Å². The lowest BCUT2D eigenvalue weighted by atomic mass is 10.2. The molecule has 4 N–H and O–H groups in total. The average Bonchev–Trinajstić information content (AvgIpc) is 2.86. The molecule has 1 unspecified atom stereocenters. The summed E-state index contributed by atoms with van der Waals surface area (Å²) in [7, 11) is -8.92. The Hall–Kier alpha value is 0.140. The molecule has 0 spiro atoms. The zero-order valence-corrected chi connectivity index (χ0v) is 14.4. The molecule has 0 bridgehead atoms. The van der Waals surface area contributed by atoms with Crippen LogP contribution in [-0.4, -0.2) is 58.4 Å². The third-order valence-electron chi connectivity index (χ3n) is 3.13. The summed E-state index contributed by atoms with van der Waals surface area (Å²) in [6.45, 7) is -0.0737. The van der Waals surface area contributed by atoms with Gasteiger partial charge in [0.2, 0.25) is 0 Å². The Balaban J connectivity index is 2.31. The van der Waals surface area contributed by atoms with Crippen molar-refractivity contribution >= 4 is 15.6 Å². The molecule has 1 heterocycles. The highest BCUT2D eigenvalue weighted by Crippen LogP contribution is 2.47. The number of ether oxygens (including phenoxy) is 1. The highest BCUT2D eigenvalue weighted by atomic mass is 31.2. The highest BCUT2D eigenvalue weighted by Gasteiger charge is 2.37. The molecular weight excluding hydrogens is 354 g/mol. The summed E-state index contributed by atoms with van der Waals surface area (Å²) in [4.78, 5) is 26.9. The maximum atomic E-state index is 11.8. The van der Waals surface area contributed by atoms with Gasteiger partial charge in [-0.3, -0.25) is 13.6 Å². The fourth-order valence-electron chi connectivity index (χ4n) is 2.02. The van der Waals surface area contributed by atoms with E-state index < -0.39 is 34.5 Å². The van der Waals surface area contributed by atoms with Gasteiger partial charge in [0, 0.05) is 19.6 Å². The van der Waals surface area contributed by atoms with Crippen molar-refractivity contribution in [3.63, 3.8) is 0 Å². The van der Waals surface area contributed by atoms with Gasteiger partial charge in [0.25, 0.3) is 0 Å². The number of phosphoric acid groups is 2. The Kier molecular flexibility index (Phi) is 9.40. The van der Waals surface area contributed by atoms with Crippen molar-refractivity contribution in [3.05, 3.63) is 0 Å². The van der Waals surface area contributed by atoms with Crippen LogP contribution in [0.3, 0.4) is 0 Å². The monoisotopic (exact) mass is 378 g/mol. The normalized spacial score (nSPS) is 24.7. The first-order chi connectivity index (χ1) is 10.7. The summed E-state index contributed by atoms with van der Waals surface area (Å²) in [5.41, 5.74) is 0.